The van der Waals surface area contributed by atoms with Crippen LogP contribution in [0, 0.1) is 34.6 Å². The van der Waals surface area contributed by atoms with Crippen molar-refractivity contribution in [3.05, 3.63) is 97.5 Å². The van der Waals surface area contributed by atoms with Crippen LogP contribution in [0.2, 0.25) is 10.0 Å². The summed E-state index contributed by atoms with van der Waals surface area (Å²) in [4.78, 5) is 31.9. The van der Waals surface area contributed by atoms with E-state index in [9.17, 15) is 9.90 Å². The van der Waals surface area contributed by atoms with Crippen LogP contribution in [0.1, 0.15) is 86.8 Å². The third kappa shape index (κ3) is 6.79. The molecule has 2 aliphatic heterocycles. The molecule has 12 heteroatoms. The van der Waals surface area contributed by atoms with Gasteiger partial charge in [-0.05, 0) is 139 Å². The van der Waals surface area contributed by atoms with Crippen molar-refractivity contribution in [3.8, 4) is 16.9 Å². The van der Waals surface area contributed by atoms with Crippen LogP contribution < -0.4 is 9.64 Å². The summed E-state index contributed by atoms with van der Waals surface area (Å²) < 4.78 is 12.3. The van der Waals surface area contributed by atoms with Gasteiger partial charge >= 0.3 is 5.97 Å². The highest BCUT2D eigenvalue weighted by Gasteiger charge is 2.38. The molecule has 3 aromatic heterocycles. The average molecular weight is 810 g/mol. The molecule has 0 saturated carbocycles. The van der Waals surface area contributed by atoms with Crippen molar-refractivity contribution < 1.29 is 19.4 Å². The number of carboxylic acids is 1. The van der Waals surface area contributed by atoms with E-state index >= 15 is 4.79 Å². The van der Waals surface area contributed by atoms with Gasteiger partial charge in [0.25, 0.3) is 5.91 Å². The minimum atomic E-state index is -1.02. The van der Waals surface area contributed by atoms with Crippen molar-refractivity contribution in [2.24, 2.45) is 7.05 Å². The molecule has 57 heavy (non-hydrogen) atoms. The maximum absolute atomic E-state index is 15.3. The van der Waals surface area contributed by atoms with Crippen LogP contribution in [-0.4, -0.2) is 73.6 Å². The summed E-state index contributed by atoms with van der Waals surface area (Å²) in [7, 11) is 1.75. The van der Waals surface area contributed by atoms with Crippen LogP contribution in [0.15, 0.2) is 42.5 Å². The molecule has 0 aliphatic carbocycles. The molecule has 10 nitrogen and oxygen atoms in total. The zero-order chi connectivity index (χ0) is 40.4. The van der Waals surface area contributed by atoms with E-state index in [1.165, 1.54) is 12.8 Å². The molecule has 0 spiro atoms. The molecule has 1 N–H and O–H groups in total. The predicted octanol–water partition coefficient (Wildman–Crippen LogP) is 9.87. The highest BCUT2D eigenvalue weighted by molar-refractivity contribution is 6.35. The van der Waals surface area contributed by atoms with Crippen LogP contribution in [-0.2, 0) is 20.0 Å². The number of ether oxygens (including phenoxy) is 1. The van der Waals surface area contributed by atoms with E-state index in [1.807, 2.05) is 62.9 Å². The van der Waals surface area contributed by atoms with Crippen molar-refractivity contribution in [2.75, 3.05) is 37.7 Å². The lowest BCUT2D eigenvalue weighted by molar-refractivity contribution is 0.0687. The number of rotatable bonds is 11. The Morgan fingerprint density at radius 2 is 1.67 bits per heavy atom. The second-order valence-electron chi connectivity index (χ2n) is 16.0. The predicted molar refractivity (Wildman–Crippen MR) is 229 cm³/mol. The Hall–Kier alpha value is -4.77. The van der Waals surface area contributed by atoms with Gasteiger partial charge in [-0.2, -0.15) is 5.10 Å². The first-order valence-corrected chi connectivity index (χ1v) is 20.7. The van der Waals surface area contributed by atoms with Gasteiger partial charge in [-0.1, -0.05) is 29.3 Å². The van der Waals surface area contributed by atoms with Gasteiger partial charge in [0.05, 0.1) is 40.6 Å². The fourth-order valence-electron chi connectivity index (χ4n) is 9.36. The second kappa shape index (κ2) is 15.2. The van der Waals surface area contributed by atoms with Crippen LogP contribution >= 0.6 is 23.2 Å². The molecule has 1 saturated heterocycles. The first-order valence-electron chi connectivity index (χ1n) is 19.9. The highest BCUT2D eigenvalue weighted by Crippen LogP contribution is 2.46. The Balaban J connectivity index is 1.26. The van der Waals surface area contributed by atoms with Crippen molar-refractivity contribution >= 4 is 62.6 Å². The van der Waals surface area contributed by atoms with Gasteiger partial charge in [0.2, 0.25) is 0 Å². The zero-order valence-corrected chi connectivity index (χ0v) is 35.3. The smallest absolute Gasteiger partial charge is 0.352 e. The lowest BCUT2D eigenvalue weighted by Gasteiger charge is -2.35. The number of nitrogens with zero attached hydrogens (tertiary/aromatic N) is 6. The molecule has 1 amide bonds. The molecule has 1 unspecified atom stereocenters. The number of benzene rings is 3. The van der Waals surface area contributed by atoms with E-state index < -0.39 is 5.97 Å². The minimum absolute atomic E-state index is 0.133. The molecule has 5 heterocycles. The van der Waals surface area contributed by atoms with Crippen molar-refractivity contribution in [3.63, 3.8) is 0 Å². The molecule has 6 aromatic rings. The summed E-state index contributed by atoms with van der Waals surface area (Å²) in [5.41, 5.74) is 10.8. The van der Waals surface area contributed by atoms with Gasteiger partial charge in [-0.25, -0.2) is 4.79 Å². The Kier molecular flexibility index (Phi) is 10.4. The summed E-state index contributed by atoms with van der Waals surface area (Å²) in [6.07, 6.45) is 3.73. The standard InChI is InChI=1S/C45H50Cl2N6O4/c1-25-19-31-23-37(45(55)56)49(7)41(31)36(20-25)51-24-28(4)53-42-34(33(43(53)44(51)54)11-10-18-57-32-21-26(2)40(47)27(3)22-32)12-13-35(46)39(42)38-29(5)48-52(30(38)6)17-16-50-14-8-9-15-50/h12-13,19-23,28H,8-11,14-18,24H2,1-7H3,(H,55,56). The highest BCUT2D eigenvalue weighted by atomic mass is 35.5. The van der Waals surface area contributed by atoms with E-state index in [4.69, 9.17) is 33.0 Å². The van der Waals surface area contributed by atoms with E-state index in [1.54, 1.807) is 17.7 Å². The Morgan fingerprint density at radius 3 is 2.37 bits per heavy atom. The molecule has 298 valence electrons. The van der Waals surface area contributed by atoms with Gasteiger partial charge < -0.3 is 28.8 Å². The fourth-order valence-corrected chi connectivity index (χ4v) is 9.71. The minimum Gasteiger partial charge on any atom is -0.494 e. The quantitative estimate of drug-likeness (QED) is 0.131. The summed E-state index contributed by atoms with van der Waals surface area (Å²) >= 11 is 13.7. The largest absolute Gasteiger partial charge is 0.494 e. The maximum Gasteiger partial charge on any atom is 0.352 e. The van der Waals surface area contributed by atoms with Crippen LogP contribution in [0.25, 0.3) is 32.9 Å². The van der Waals surface area contributed by atoms with Crippen LogP contribution in [0.5, 0.6) is 5.75 Å². The molecule has 1 atom stereocenters. The third-order valence-electron chi connectivity index (χ3n) is 12.0. The monoisotopic (exact) mass is 808 g/mol. The number of anilines is 1. The van der Waals surface area contributed by atoms with Gasteiger partial charge in [-0.15, -0.1) is 0 Å². The first-order chi connectivity index (χ1) is 27.2. The normalized spacial score (nSPS) is 16.1. The maximum atomic E-state index is 15.3. The molecule has 3 aromatic carbocycles. The molecule has 0 radical (unpaired) electrons. The van der Waals surface area contributed by atoms with Gasteiger partial charge in [-0.3, -0.25) is 9.48 Å². The fraction of sp³-hybridized carbons (Fsp3) is 0.400. The number of aromatic nitrogens is 4. The second-order valence-corrected chi connectivity index (χ2v) is 16.8. The lowest BCUT2D eigenvalue weighted by Crippen LogP contribution is -2.43. The van der Waals surface area contributed by atoms with Gasteiger partial charge in [0.15, 0.2) is 0 Å². The summed E-state index contributed by atoms with van der Waals surface area (Å²) in [6, 6.07) is 13.4. The number of amides is 1. The van der Waals surface area contributed by atoms with Crippen molar-refractivity contribution in [2.45, 2.75) is 79.8 Å². The zero-order valence-electron chi connectivity index (χ0n) is 33.8. The molecule has 0 bridgehead atoms. The average Bonchev–Trinajstić information content (AvgIpc) is 3.94. The Morgan fingerprint density at radius 1 is 0.947 bits per heavy atom. The molecule has 2 aliphatic rings. The summed E-state index contributed by atoms with van der Waals surface area (Å²) in [6.45, 7) is 17.1. The molecule has 8 rings (SSSR count). The Bertz CT molecular complexity index is 2570. The molecule has 1 fully saturated rings. The third-order valence-corrected chi connectivity index (χ3v) is 12.9. The van der Waals surface area contributed by atoms with E-state index in [0.717, 1.165) is 98.0 Å². The topological polar surface area (TPSA) is 97.8 Å². The first kappa shape index (κ1) is 39.1. The number of aromatic carboxylic acids is 1. The number of fused-ring (bicyclic) bond motifs is 4. The lowest BCUT2D eigenvalue weighted by atomic mass is 9.98. The van der Waals surface area contributed by atoms with Gasteiger partial charge in [0, 0.05) is 58.8 Å². The number of halogens is 2. The van der Waals surface area contributed by atoms with Crippen LogP contribution in [0.4, 0.5) is 5.69 Å². The van der Waals surface area contributed by atoms with Crippen molar-refractivity contribution in [1.82, 2.24) is 23.8 Å². The van der Waals surface area contributed by atoms with E-state index in [2.05, 4.69) is 34.1 Å². The number of likely N-dealkylation sites (tertiary alicyclic amines) is 1. The summed E-state index contributed by atoms with van der Waals surface area (Å²) in [5.74, 6) is -0.382. The SMILES string of the molecule is Cc1cc(N2CC(C)n3c(c(CCCOc4cc(C)c(Cl)c(C)c4)c4ccc(Cl)c(-c5c(C)nn(CCN6CCCC6)c5C)c43)C2=O)c2c(c1)cc(C(=O)O)n2C. The Labute approximate surface area is 343 Å². The van der Waals surface area contributed by atoms with Crippen LogP contribution in [0.3, 0.4) is 0 Å². The number of carbonyl (C=O) groups excluding carboxylic acids is 1. The van der Waals surface area contributed by atoms with E-state index in [-0.39, 0.29) is 17.6 Å². The van der Waals surface area contributed by atoms with Gasteiger partial charge in [0.1, 0.15) is 17.1 Å². The number of hydrogen-bond donors (Lipinski definition) is 1. The summed E-state index contributed by atoms with van der Waals surface area (Å²) in [5, 5.41) is 18.2. The molecular weight excluding hydrogens is 759 g/mol. The number of carboxylic acid groups (broad SMARTS) is 1. The number of hydrogen-bond acceptors (Lipinski definition) is 5. The number of aryl methyl sites for hydroxylation is 6. The molecular formula is C45H50Cl2N6O4. The number of carbonyl (C=O) groups is 2. The van der Waals surface area contributed by atoms with Crippen molar-refractivity contribution in [1.29, 1.82) is 0 Å². The van der Waals surface area contributed by atoms with E-state index in [0.29, 0.717) is 47.9 Å².